The van der Waals surface area contributed by atoms with Crippen LogP contribution in [0.5, 0.6) is 0 Å². The number of likely N-dealkylation sites (tertiary alicyclic amines) is 1. The van der Waals surface area contributed by atoms with Gasteiger partial charge in [-0.3, -0.25) is 14.3 Å². The molecule has 1 saturated heterocycles. The molecule has 19 heavy (non-hydrogen) atoms. The molecule has 1 atom stereocenters. The van der Waals surface area contributed by atoms with Crippen molar-refractivity contribution >= 4 is 29.4 Å². The second kappa shape index (κ2) is 4.56. The summed E-state index contributed by atoms with van der Waals surface area (Å²) in [6, 6.07) is 0. The molecule has 3 rings (SSSR count). The monoisotopic (exact) mass is 280 g/mol. The molecule has 6 nitrogen and oxygen atoms in total. The molecular formula is C12H16N4O2S. The van der Waals surface area contributed by atoms with Gasteiger partial charge in [0, 0.05) is 44.1 Å². The van der Waals surface area contributed by atoms with Crippen molar-refractivity contribution in [1.29, 1.82) is 0 Å². The van der Waals surface area contributed by atoms with E-state index in [4.69, 9.17) is 0 Å². The Balaban J connectivity index is 1.75. The first kappa shape index (κ1) is 12.5. The van der Waals surface area contributed by atoms with Gasteiger partial charge < -0.3 is 10.2 Å². The van der Waals surface area contributed by atoms with Gasteiger partial charge in [0.25, 0.3) is 0 Å². The predicted molar refractivity (Wildman–Crippen MR) is 72.6 cm³/mol. The van der Waals surface area contributed by atoms with E-state index < -0.39 is 0 Å². The van der Waals surface area contributed by atoms with Crippen LogP contribution in [0, 0.1) is 5.92 Å². The molecule has 0 saturated carbocycles. The van der Waals surface area contributed by atoms with Crippen molar-refractivity contribution in [3.8, 4) is 0 Å². The first-order chi connectivity index (χ1) is 9.06. The molecule has 2 aliphatic heterocycles. The zero-order valence-electron chi connectivity index (χ0n) is 11.0. The van der Waals surface area contributed by atoms with Gasteiger partial charge >= 0.3 is 0 Å². The predicted octanol–water partition coefficient (Wildman–Crippen LogP) is 0.584. The van der Waals surface area contributed by atoms with Gasteiger partial charge in [0.1, 0.15) is 5.82 Å². The number of amides is 2. The Hall–Kier alpha value is -1.50. The zero-order chi connectivity index (χ0) is 13.6. The molecular weight excluding hydrogens is 264 g/mol. The highest BCUT2D eigenvalue weighted by Gasteiger charge is 2.33. The molecule has 1 aromatic heterocycles. The molecule has 0 aromatic carbocycles. The number of rotatable bonds is 2. The molecule has 3 heterocycles. The topological polar surface area (TPSA) is 67.2 Å². The van der Waals surface area contributed by atoms with Crippen LogP contribution in [0.15, 0.2) is 0 Å². The lowest BCUT2D eigenvalue weighted by atomic mass is 10.1. The van der Waals surface area contributed by atoms with Crippen LogP contribution in [-0.2, 0) is 28.1 Å². The fourth-order valence-corrected chi connectivity index (χ4v) is 3.59. The van der Waals surface area contributed by atoms with Crippen molar-refractivity contribution in [1.82, 2.24) is 14.7 Å². The summed E-state index contributed by atoms with van der Waals surface area (Å²) in [5, 5.41) is 7.35. The summed E-state index contributed by atoms with van der Waals surface area (Å²) in [5.74, 6) is 2.28. The van der Waals surface area contributed by atoms with E-state index in [2.05, 4.69) is 10.4 Å². The highest BCUT2D eigenvalue weighted by molar-refractivity contribution is 7.98. The number of anilines is 1. The van der Waals surface area contributed by atoms with Crippen LogP contribution in [0.25, 0.3) is 0 Å². The van der Waals surface area contributed by atoms with Crippen molar-refractivity contribution in [3.63, 3.8) is 0 Å². The molecule has 1 unspecified atom stereocenters. The van der Waals surface area contributed by atoms with Crippen LogP contribution >= 0.6 is 11.8 Å². The fraction of sp³-hybridized carbons (Fsp3) is 0.583. The molecule has 102 valence electrons. The van der Waals surface area contributed by atoms with Crippen LogP contribution < -0.4 is 5.32 Å². The SMILES string of the molecule is CN1CC(C(=O)Nc2c3c(nn2C)CSC3)CC1=O. The number of nitrogens with zero attached hydrogens (tertiary/aromatic N) is 3. The van der Waals surface area contributed by atoms with Gasteiger partial charge in [0.15, 0.2) is 0 Å². The van der Waals surface area contributed by atoms with Crippen LogP contribution in [0.1, 0.15) is 17.7 Å². The van der Waals surface area contributed by atoms with E-state index >= 15 is 0 Å². The summed E-state index contributed by atoms with van der Waals surface area (Å²) in [6.45, 7) is 0.499. The second-order valence-corrected chi connectivity index (χ2v) is 6.04. The largest absolute Gasteiger partial charge is 0.345 e. The minimum atomic E-state index is -0.253. The average Bonchev–Trinajstić information content (AvgIpc) is 3.00. The quantitative estimate of drug-likeness (QED) is 0.860. The number of aromatic nitrogens is 2. The van der Waals surface area contributed by atoms with Gasteiger partial charge in [-0.2, -0.15) is 16.9 Å². The number of nitrogens with one attached hydrogen (secondary N) is 1. The third-order valence-corrected chi connectivity index (χ3v) is 4.64. The Labute approximate surface area is 115 Å². The standard InChI is InChI=1S/C12H16N4O2S/c1-15-4-7(3-10(15)17)12(18)13-11-8-5-19-6-9(8)14-16(11)2/h7H,3-6H2,1-2H3,(H,13,18). The average molecular weight is 280 g/mol. The Bertz CT molecular complexity index is 554. The van der Waals surface area contributed by atoms with Crippen LogP contribution in [0.2, 0.25) is 0 Å². The van der Waals surface area contributed by atoms with E-state index in [-0.39, 0.29) is 17.7 Å². The van der Waals surface area contributed by atoms with Crippen LogP contribution in [0.4, 0.5) is 5.82 Å². The summed E-state index contributed by atoms with van der Waals surface area (Å²) in [7, 11) is 3.57. The third kappa shape index (κ3) is 2.11. The molecule has 0 bridgehead atoms. The lowest BCUT2D eigenvalue weighted by Crippen LogP contribution is -2.26. The van der Waals surface area contributed by atoms with E-state index in [1.807, 2.05) is 7.05 Å². The smallest absolute Gasteiger partial charge is 0.230 e. The second-order valence-electron chi connectivity index (χ2n) is 5.05. The summed E-state index contributed by atoms with van der Waals surface area (Å²) < 4.78 is 1.72. The summed E-state index contributed by atoms with van der Waals surface area (Å²) in [6.07, 6.45) is 0.303. The molecule has 1 fully saturated rings. The fourth-order valence-electron chi connectivity index (χ4n) is 2.56. The maximum absolute atomic E-state index is 12.2. The summed E-state index contributed by atoms with van der Waals surface area (Å²) in [5.41, 5.74) is 2.18. The van der Waals surface area contributed by atoms with Gasteiger partial charge in [-0.15, -0.1) is 0 Å². The number of carbonyl (C=O) groups is 2. The van der Waals surface area contributed by atoms with Crippen LogP contribution in [0.3, 0.4) is 0 Å². The highest BCUT2D eigenvalue weighted by Crippen LogP contribution is 2.34. The number of hydrogen-bond donors (Lipinski definition) is 1. The zero-order valence-corrected chi connectivity index (χ0v) is 11.8. The molecule has 0 aliphatic carbocycles. The first-order valence-corrected chi connectivity index (χ1v) is 7.39. The Kier molecular flexibility index (Phi) is 3.00. The Morgan fingerprint density at radius 1 is 1.42 bits per heavy atom. The third-order valence-electron chi connectivity index (χ3n) is 3.67. The molecule has 1 N–H and O–H groups in total. The van der Waals surface area contributed by atoms with Crippen molar-refractivity contribution in [2.75, 3.05) is 18.9 Å². The van der Waals surface area contributed by atoms with Crippen LogP contribution in [-0.4, -0.2) is 40.1 Å². The number of aryl methyl sites for hydroxylation is 1. The molecule has 1 aromatic rings. The number of hydrogen-bond acceptors (Lipinski definition) is 4. The van der Waals surface area contributed by atoms with Crippen molar-refractivity contribution < 1.29 is 9.59 Å². The van der Waals surface area contributed by atoms with E-state index in [0.717, 1.165) is 28.6 Å². The van der Waals surface area contributed by atoms with Gasteiger partial charge in [-0.1, -0.05) is 0 Å². The Morgan fingerprint density at radius 2 is 2.21 bits per heavy atom. The summed E-state index contributed by atoms with van der Waals surface area (Å²) in [4.78, 5) is 25.3. The minimum Gasteiger partial charge on any atom is -0.345 e. The lowest BCUT2D eigenvalue weighted by molar-refractivity contribution is -0.127. The maximum Gasteiger partial charge on any atom is 0.230 e. The molecule has 2 amide bonds. The lowest BCUT2D eigenvalue weighted by Gasteiger charge is -2.12. The minimum absolute atomic E-state index is 0.0333. The number of carbonyl (C=O) groups excluding carboxylic acids is 2. The van der Waals surface area contributed by atoms with Gasteiger partial charge in [-0.05, 0) is 0 Å². The summed E-state index contributed by atoms with van der Waals surface area (Å²) >= 11 is 1.80. The number of thioether (sulfide) groups is 1. The normalized spacial score (nSPS) is 21.9. The van der Waals surface area contributed by atoms with E-state index in [1.165, 1.54) is 0 Å². The maximum atomic E-state index is 12.2. The van der Waals surface area contributed by atoms with E-state index in [9.17, 15) is 9.59 Å². The highest BCUT2D eigenvalue weighted by atomic mass is 32.2. The molecule has 0 radical (unpaired) electrons. The van der Waals surface area contributed by atoms with Crippen molar-refractivity contribution in [3.05, 3.63) is 11.3 Å². The van der Waals surface area contributed by atoms with E-state index in [0.29, 0.717) is 13.0 Å². The molecule has 0 spiro atoms. The van der Waals surface area contributed by atoms with Crippen molar-refractivity contribution in [2.45, 2.75) is 17.9 Å². The first-order valence-electron chi connectivity index (χ1n) is 6.23. The van der Waals surface area contributed by atoms with Crippen molar-refractivity contribution in [2.24, 2.45) is 13.0 Å². The Morgan fingerprint density at radius 3 is 2.89 bits per heavy atom. The number of fused-ring (bicyclic) bond motifs is 1. The van der Waals surface area contributed by atoms with Gasteiger partial charge in [-0.25, -0.2) is 0 Å². The molecule has 2 aliphatic rings. The van der Waals surface area contributed by atoms with E-state index in [1.54, 1.807) is 28.4 Å². The van der Waals surface area contributed by atoms with Gasteiger partial charge in [0.05, 0.1) is 11.6 Å². The van der Waals surface area contributed by atoms with Gasteiger partial charge in [0.2, 0.25) is 11.8 Å². The molecule has 7 heteroatoms.